The van der Waals surface area contributed by atoms with Crippen molar-refractivity contribution in [1.82, 2.24) is 0 Å². The van der Waals surface area contributed by atoms with E-state index in [2.05, 4.69) is 11.6 Å². The molecule has 0 heterocycles. The molecule has 0 aromatic carbocycles. The van der Waals surface area contributed by atoms with Gasteiger partial charge >= 0.3 is 0 Å². The largest absolute Gasteiger partial charge is 0.290 e. The zero-order valence-corrected chi connectivity index (χ0v) is 3.39. The number of nitrogens with zero attached hydrogens (tertiary/aromatic N) is 1. The van der Waals surface area contributed by atoms with Crippen LogP contribution < -0.4 is 0 Å². The second-order valence-corrected chi connectivity index (χ2v) is 0.663. The average molecular weight is 82.1 g/mol. The third-order valence-corrected chi connectivity index (χ3v) is 0.266. The fraction of sp³-hybridized carbons (Fsp3) is 0. The minimum absolute atomic E-state index is 0.960. The Morgan fingerprint density at radius 1 is 1.67 bits per heavy atom. The molecule has 0 aliphatic heterocycles. The Morgan fingerprint density at radius 3 is 2.50 bits per heavy atom. The Balaban J connectivity index is 3.17. The van der Waals surface area contributed by atoms with Crippen molar-refractivity contribution in [2.24, 2.45) is 4.99 Å². The van der Waals surface area contributed by atoms with E-state index in [4.69, 9.17) is 5.41 Å². The Morgan fingerprint density at radius 2 is 2.33 bits per heavy atom. The molecule has 0 amide bonds. The Kier molecular flexibility index (Phi) is 3.45. The summed E-state index contributed by atoms with van der Waals surface area (Å²) < 4.78 is 0. The smallest absolute Gasteiger partial charge is 0.106 e. The van der Waals surface area contributed by atoms with Gasteiger partial charge in [0.1, 0.15) is 6.34 Å². The van der Waals surface area contributed by atoms with Gasteiger partial charge in [0, 0.05) is 6.21 Å². The molecule has 0 aromatic rings. The number of nitrogens with one attached hydrogen (secondary N) is 1. The first kappa shape index (κ1) is 5.08. The third-order valence-electron chi connectivity index (χ3n) is 0.266. The maximum absolute atomic E-state index is 6.34. The van der Waals surface area contributed by atoms with Gasteiger partial charge in [-0.2, -0.15) is 0 Å². The summed E-state index contributed by atoms with van der Waals surface area (Å²) in [5.41, 5.74) is 0. The van der Waals surface area contributed by atoms with Crippen molar-refractivity contribution in [2.45, 2.75) is 0 Å². The first-order chi connectivity index (χ1) is 2.91. The van der Waals surface area contributed by atoms with Crippen LogP contribution in [-0.2, 0) is 0 Å². The SMILES string of the molecule is C=C/C=N\C=N. The van der Waals surface area contributed by atoms with E-state index in [9.17, 15) is 0 Å². The second kappa shape index (κ2) is 4.08. The summed E-state index contributed by atoms with van der Waals surface area (Å²) in [5, 5.41) is 6.34. The molecule has 6 heavy (non-hydrogen) atoms. The van der Waals surface area contributed by atoms with Gasteiger partial charge in [0.2, 0.25) is 0 Å². The maximum Gasteiger partial charge on any atom is 0.106 e. The van der Waals surface area contributed by atoms with E-state index in [1.54, 1.807) is 0 Å². The molecule has 0 saturated heterocycles. The van der Waals surface area contributed by atoms with E-state index in [0.717, 1.165) is 6.34 Å². The highest BCUT2D eigenvalue weighted by Crippen LogP contribution is 1.52. The van der Waals surface area contributed by atoms with Crippen molar-refractivity contribution in [3.05, 3.63) is 12.7 Å². The molecular formula is C4H6N2. The minimum Gasteiger partial charge on any atom is -0.290 e. The first-order valence-electron chi connectivity index (χ1n) is 1.55. The zero-order valence-electron chi connectivity index (χ0n) is 3.39. The number of rotatable bonds is 2. The summed E-state index contributed by atoms with van der Waals surface area (Å²) in [7, 11) is 0. The van der Waals surface area contributed by atoms with Gasteiger partial charge in [0.25, 0.3) is 0 Å². The van der Waals surface area contributed by atoms with Crippen molar-refractivity contribution in [2.75, 3.05) is 0 Å². The van der Waals surface area contributed by atoms with E-state index in [0.29, 0.717) is 0 Å². The maximum atomic E-state index is 6.34. The molecule has 0 rings (SSSR count). The predicted octanol–water partition coefficient (Wildman–Crippen LogP) is 0.850. The fourth-order valence-corrected chi connectivity index (χ4v) is 0.104. The molecule has 0 radical (unpaired) electrons. The molecule has 2 heteroatoms. The van der Waals surface area contributed by atoms with Crippen LogP contribution in [0.5, 0.6) is 0 Å². The molecule has 0 fully saturated rings. The highest BCUT2D eigenvalue weighted by atomic mass is 14.7. The molecule has 0 spiro atoms. The van der Waals surface area contributed by atoms with Crippen molar-refractivity contribution < 1.29 is 0 Å². The van der Waals surface area contributed by atoms with Crippen molar-refractivity contribution >= 4 is 12.6 Å². The van der Waals surface area contributed by atoms with Gasteiger partial charge in [-0.15, -0.1) is 0 Å². The van der Waals surface area contributed by atoms with Crippen LogP contribution in [0.2, 0.25) is 0 Å². The molecule has 0 unspecified atom stereocenters. The Hall–Kier alpha value is -0.920. The van der Waals surface area contributed by atoms with E-state index in [1.165, 1.54) is 12.3 Å². The summed E-state index contributed by atoms with van der Waals surface area (Å²) in [6.07, 6.45) is 3.93. The molecule has 0 aliphatic rings. The van der Waals surface area contributed by atoms with Gasteiger partial charge in [-0.05, 0) is 0 Å². The molecular weight excluding hydrogens is 76.1 g/mol. The molecule has 0 bridgehead atoms. The number of allylic oxidation sites excluding steroid dienone is 1. The van der Waals surface area contributed by atoms with Gasteiger partial charge in [0.05, 0.1) is 0 Å². The van der Waals surface area contributed by atoms with Gasteiger partial charge in [-0.25, -0.2) is 4.99 Å². The number of hydrogen-bond acceptors (Lipinski definition) is 1. The van der Waals surface area contributed by atoms with E-state index >= 15 is 0 Å². The van der Waals surface area contributed by atoms with Gasteiger partial charge in [-0.3, -0.25) is 5.41 Å². The minimum atomic E-state index is 0.960. The zero-order chi connectivity index (χ0) is 4.83. The molecule has 2 nitrogen and oxygen atoms in total. The molecule has 0 saturated carbocycles. The Bertz CT molecular complexity index is 63.6. The lowest BCUT2D eigenvalue weighted by Crippen LogP contribution is -1.59. The van der Waals surface area contributed by atoms with Crippen LogP contribution in [0.25, 0.3) is 0 Å². The van der Waals surface area contributed by atoms with Gasteiger partial charge in [0.15, 0.2) is 0 Å². The summed E-state index contributed by atoms with van der Waals surface area (Å²) >= 11 is 0. The van der Waals surface area contributed by atoms with Crippen molar-refractivity contribution in [3.63, 3.8) is 0 Å². The van der Waals surface area contributed by atoms with E-state index in [1.807, 2.05) is 0 Å². The lowest BCUT2D eigenvalue weighted by Gasteiger charge is -1.61. The van der Waals surface area contributed by atoms with Crippen LogP contribution in [0.1, 0.15) is 0 Å². The van der Waals surface area contributed by atoms with E-state index in [-0.39, 0.29) is 0 Å². The van der Waals surface area contributed by atoms with Crippen molar-refractivity contribution in [1.29, 1.82) is 5.41 Å². The van der Waals surface area contributed by atoms with Crippen LogP contribution >= 0.6 is 0 Å². The van der Waals surface area contributed by atoms with Crippen LogP contribution in [0.3, 0.4) is 0 Å². The predicted molar refractivity (Wildman–Crippen MR) is 27.5 cm³/mol. The molecule has 0 aliphatic carbocycles. The van der Waals surface area contributed by atoms with Crippen LogP contribution in [0.15, 0.2) is 17.6 Å². The molecule has 0 atom stereocenters. The second-order valence-electron chi connectivity index (χ2n) is 0.663. The summed E-state index contributed by atoms with van der Waals surface area (Å²) in [5.74, 6) is 0. The summed E-state index contributed by atoms with van der Waals surface area (Å²) in [4.78, 5) is 3.39. The Labute approximate surface area is 36.7 Å². The van der Waals surface area contributed by atoms with Crippen molar-refractivity contribution in [3.8, 4) is 0 Å². The molecule has 32 valence electrons. The highest BCUT2D eigenvalue weighted by Gasteiger charge is 1.48. The van der Waals surface area contributed by atoms with Crippen LogP contribution in [0.4, 0.5) is 0 Å². The van der Waals surface area contributed by atoms with Crippen LogP contribution in [0, 0.1) is 5.41 Å². The molecule has 1 N–H and O–H groups in total. The lowest BCUT2D eigenvalue weighted by molar-refractivity contribution is 1.52. The third kappa shape index (κ3) is 3.08. The van der Waals surface area contributed by atoms with Gasteiger partial charge < -0.3 is 0 Å². The normalized spacial score (nSPS) is 8.67. The van der Waals surface area contributed by atoms with Gasteiger partial charge in [-0.1, -0.05) is 12.7 Å². The highest BCUT2D eigenvalue weighted by molar-refractivity contribution is 5.78. The summed E-state index contributed by atoms with van der Waals surface area (Å²) in [6.45, 7) is 3.35. The van der Waals surface area contributed by atoms with Crippen LogP contribution in [-0.4, -0.2) is 12.6 Å². The fourth-order valence-electron chi connectivity index (χ4n) is 0.104. The lowest BCUT2D eigenvalue weighted by atomic mass is 10.7. The standard InChI is InChI=1S/C4H6N2/c1-2-3-6-4-5/h2-5H,1H2/b5-4?,6-3-. The first-order valence-corrected chi connectivity index (χ1v) is 1.55. The summed E-state index contributed by atoms with van der Waals surface area (Å²) in [6, 6.07) is 0. The number of hydrogen-bond donors (Lipinski definition) is 1. The van der Waals surface area contributed by atoms with E-state index < -0.39 is 0 Å². The quantitative estimate of drug-likeness (QED) is 0.378. The topological polar surface area (TPSA) is 36.2 Å². The molecule has 0 aromatic heterocycles. The number of aliphatic imine (C=N–C) groups is 1. The average Bonchev–Trinajstić information content (AvgIpc) is 1.61. The monoisotopic (exact) mass is 82.1 g/mol.